The number of rotatable bonds is 4. The zero-order valence-corrected chi connectivity index (χ0v) is 13.4. The lowest BCUT2D eigenvalue weighted by atomic mass is 10.1. The fourth-order valence-electron chi connectivity index (χ4n) is 2.52. The summed E-state index contributed by atoms with van der Waals surface area (Å²) in [5, 5.41) is -0.510. The first-order valence-electron chi connectivity index (χ1n) is 7.12. The number of carbonyl (C=O) groups excluding carboxylic acids is 2. The van der Waals surface area contributed by atoms with Crippen LogP contribution in [0.15, 0.2) is 53.4 Å². The summed E-state index contributed by atoms with van der Waals surface area (Å²) in [5.74, 6) is 0.0946. The first-order valence-corrected chi connectivity index (χ1v) is 8.00. The maximum Gasteiger partial charge on any atom is 0.245 e. The van der Waals surface area contributed by atoms with E-state index < -0.39 is 11.2 Å². The monoisotopic (exact) mass is 328 g/mol. The van der Waals surface area contributed by atoms with Crippen molar-refractivity contribution in [1.82, 2.24) is 0 Å². The summed E-state index contributed by atoms with van der Waals surface area (Å²) in [4.78, 5) is 26.7. The van der Waals surface area contributed by atoms with Crippen molar-refractivity contribution in [1.29, 1.82) is 0 Å². The van der Waals surface area contributed by atoms with Gasteiger partial charge in [0.2, 0.25) is 11.8 Å². The standard InChI is InChI=1S/C17H16N2O3S/c1-22-12-8-6-11(7-9-12)19-13-4-2-3-5-14(13)23-15(17(19)21)10-16(18)20/h2-9,15H,10H2,1H3,(H2,18,20). The van der Waals surface area contributed by atoms with Crippen LogP contribution in [-0.4, -0.2) is 24.2 Å². The second kappa shape index (κ2) is 6.34. The van der Waals surface area contributed by atoms with E-state index in [-0.39, 0.29) is 12.3 Å². The third-order valence-electron chi connectivity index (χ3n) is 3.59. The predicted molar refractivity (Wildman–Crippen MR) is 90.0 cm³/mol. The Morgan fingerprint density at radius 2 is 1.91 bits per heavy atom. The molecule has 0 saturated carbocycles. The molecule has 118 valence electrons. The Morgan fingerprint density at radius 1 is 1.22 bits per heavy atom. The summed E-state index contributed by atoms with van der Waals surface area (Å²) >= 11 is 1.38. The Kier molecular flexibility index (Phi) is 4.25. The Hall–Kier alpha value is -2.47. The third-order valence-corrected chi connectivity index (χ3v) is 4.84. The zero-order valence-electron chi connectivity index (χ0n) is 12.6. The van der Waals surface area contributed by atoms with Gasteiger partial charge in [-0.05, 0) is 36.4 Å². The molecule has 1 aliphatic rings. The van der Waals surface area contributed by atoms with Crippen molar-refractivity contribution in [2.75, 3.05) is 12.0 Å². The topological polar surface area (TPSA) is 72.6 Å². The average molecular weight is 328 g/mol. The van der Waals surface area contributed by atoms with Gasteiger partial charge in [-0.3, -0.25) is 14.5 Å². The van der Waals surface area contributed by atoms with Crippen molar-refractivity contribution in [3.05, 3.63) is 48.5 Å². The van der Waals surface area contributed by atoms with Crippen molar-refractivity contribution in [3.8, 4) is 5.75 Å². The molecule has 3 rings (SSSR count). The van der Waals surface area contributed by atoms with Gasteiger partial charge in [0.25, 0.3) is 0 Å². The lowest BCUT2D eigenvalue weighted by molar-refractivity contribution is -0.122. The highest BCUT2D eigenvalue weighted by atomic mass is 32.2. The minimum Gasteiger partial charge on any atom is -0.497 e. The Labute approximate surface area is 138 Å². The molecular weight excluding hydrogens is 312 g/mol. The van der Waals surface area contributed by atoms with Crippen LogP contribution in [0, 0.1) is 0 Å². The number of benzene rings is 2. The van der Waals surface area contributed by atoms with Gasteiger partial charge in [0.1, 0.15) is 5.75 Å². The van der Waals surface area contributed by atoms with E-state index in [1.807, 2.05) is 36.4 Å². The van der Waals surface area contributed by atoms with E-state index in [2.05, 4.69) is 0 Å². The van der Waals surface area contributed by atoms with Crippen molar-refractivity contribution in [3.63, 3.8) is 0 Å². The van der Waals surface area contributed by atoms with Gasteiger partial charge < -0.3 is 10.5 Å². The number of hydrogen-bond donors (Lipinski definition) is 1. The Morgan fingerprint density at radius 3 is 2.57 bits per heavy atom. The number of hydrogen-bond acceptors (Lipinski definition) is 4. The first kappa shape index (κ1) is 15.4. The van der Waals surface area contributed by atoms with Crippen LogP contribution in [0.3, 0.4) is 0 Å². The molecule has 0 fully saturated rings. The molecule has 0 radical (unpaired) electrons. The molecule has 0 saturated heterocycles. The van der Waals surface area contributed by atoms with Crippen molar-refractivity contribution < 1.29 is 14.3 Å². The number of carbonyl (C=O) groups is 2. The first-order chi connectivity index (χ1) is 11.1. The highest BCUT2D eigenvalue weighted by molar-refractivity contribution is 8.01. The molecule has 6 heteroatoms. The predicted octanol–water partition coefficient (Wildman–Crippen LogP) is 2.71. The number of thioether (sulfide) groups is 1. The summed E-state index contributed by atoms with van der Waals surface area (Å²) in [7, 11) is 1.59. The maximum atomic E-state index is 12.8. The highest BCUT2D eigenvalue weighted by Gasteiger charge is 2.35. The fourth-order valence-corrected chi connectivity index (χ4v) is 3.71. The summed E-state index contributed by atoms with van der Waals surface area (Å²) in [6, 6.07) is 14.9. The van der Waals surface area contributed by atoms with E-state index in [1.54, 1.807) is 24.1 Å². The maximum absolute atomic E-state index is 12.8. The summed E-state index contributed by atoms with van der Waals surface area (Å²) in [6.45, 7) is 0. The van der Waals surface area contributed by atoms with Crippen LogP contribution in [0.2, 0.25) is 0 Å². The van der Waals surface area contributed by atoms with Crippen LogP contribution < -0.4 is 15.4 Å². The number of ether oxygens (including phenoxy) is 1. The number of methoxy groups -OCH3 is 1. The van der Waals surface area contributed by atoms with Gasteiger partial charge in [0.05, 0.1) is 18.0 Å². The number of fused-ring (bicyclic) bond motifs is 1. The van der Waals surface area contributed by atoms with Gasteiger partial charge in [-0.15, -0.1) is 11.8 Å². The minimum absolute atomic E-state index is 0.0183. The molecular formula is C17H16N2O3S. The normalized spacial score (nSPS) is 16.8. The number of nitrogens with two attached hydrogens (primary N) is 1. The summed E-state index contributed by atoms with van der Waals surface area (Å²) in [5.41, 5.74) is 6.84. The molecule has 0 aromatic heterocycles. The van der Waals surface area contributed by atoms with E-state index in [0.29, 0.717) is 0 Å². The zero-order chi connectivity index (χ0) is 16.4. The Bertz CT molecular complexity index is 746. The van der Waals surface area contributed by atoms with Crippen LogP contribution in [0.25, 0.3) is 0 Å². The third kappa shape index (κ3) is 3.03. The number of amides is 2. The average Bonchev–Trinajstić information content (AvgIpc) is 2.55. The van der Waals surface area contributed by atoms with Crippen LogP contribution in [0.1, 0.15) is 6.42 Å². The van der Waals surface area contributed by atoms with E-state index in [0.717, 1.165) is 22.0 Å². The molecule has 1 aliphatic heterocycles. The van der Waals surface area contributed by atoms with Gasteiger partial charge in [0, 0.05) is 17.0 Å². The molecule has 5 nitrogen and oxygen atoms in total. The SMILES string of the molecule is COc1ccc(N2C(=O)C(CC(N)=O)Sc3ccccc32)cc1. The van der Waals surface area contributed by atoms with E-state index in [4.69, 9.17) is 10.5 Å². The Balaban J connectivity index is 2.04. The minimum atomic E-state index is -0.510. The van der Waals surface area contributed by atoms with E-state index in [9.17, 15) is 9.59 Å². The lowest BCUT2D eigenvalue weighted by Gasteiger charge is -2.33. The van der Waals surface area contributed by atoms with Gasteiger partial charge >= 0.3 is 0 Å². The van der Waals surface area contributed by atoms with Crippen molar-refractivity contribution >= 4 is 35.0 Å². The molecule has 2 aromatic rings. The number of primary amides is 1. The largest absolute Gasteiger partial charge is 0.497 e. The van der Waals surface area contributed by atoms with Gasteiger partial charge in [-0.1, -0.05) is 12.1 Å². The number of nitrogens with zero attached hydrogens (tertiary/aromatic N) is 1. The van der Waals surface area contributed by atoms with E-state index in [1.165, 1.54) is 11.8 Å². The molecule has 2 amide bonds. The second-order valence-corrected chi connectivity index (χ2v) is 6.36. The molecule has 1 atom stereocenters. The molecule has 0 spiro atoms. The number of para-hydroxylation sites is 1. The van der Waals surface area contributed by atoms with Gasteiger partial charge in [-0.25, -0.2) is 0 Å². The van der Waals surface area contributed by atoms with Crippen LogP contribution in [0.5, 0.6) is 5.75 Å². The molecule has 23 heavy (non-hydrogen) atoms. The van der Waals surface area contributed by atoms with Crippen LogP contribution in [-0.2, 0) is 9.59 Å². The molecule has 1 heterocycles. The second-order valence-electron chi connectivity index (χ2n) is 5.12. The summed E-state index contributed by atoms with van der Waals surface area (Å²) in [6.07, 6.45) is 0.0183. The molecule has 2 aromatic carbocycles. The smallest absolute Gasteiger partial charge is 0.245 e. The number of anilines is 2. The van der Waals surface area contributed by atoms with Crippen molar-refractivity contribution in [2.24, 2.45) is 5.73 Å². The van der Waals surface area contributed by atoms with Crippen LogP contribution in [0.4, 0.5) is 11.4 Å². The highest BCUT2D eigenvalue weighted by Crippen LogP contribution is 2.43. The van der Waals surface area contributed by atoms with Crippen LogP contribution >= 0.6 is 11.8 Å². The summed E-state index contributed by atoms with van der Waals surface area (Å²) < 4.78 is 5.16. The van der Waals surface area contributed by atoms with E-state index >= 15 is 0 Å². The fraction of sp³-hybridized carbons (Fsp3) is 0.176. The van der Waals surface area contributed by atoms with Crippen molar-refractivity contribution in [2.45, 2.75) is 16.6 Å². The molecule has 1 unspecified atom stereocenters. The molecule has 0 bridgehead atoms. The van der Waals surface area contributed by atoms with Gasteiger partial charge in [0.15, 0.2) is 0 Å². The van der Waals surface area contributed by atoms with Gasteiger partial charge in [-0.2, -0.15) is 0 Å². The quantitative estimate of drug-likeness (QED) is 0.936. The molecule has 2 N–H and O–H groups in total. The molecule has 0 aliphatic carbocycles. The lowest BCUT2D eigenvalue weighted by Crippen LogP contribution is -2.39.